The average molecular weight is 433 g/mol. The van der Waals surface area contributed by atoms with Crippen LogP contribution >= 0.6 is 43.2 Å². The summed E-state index contributed by atoms with van der Waals surface area (Å²) in [6, 6.07) is 1.47. The van der Waals surface area contributed by atoms with Crippen LogP contribution in [0.5, 0.6) is 0 Å². The van der Waals surface area contributed by atoms with Crippen molar-refractivity contribution in [2.75, 3.05) is 5.32 Å². The van der Waals surface area contributed by atoms with Crippen molar-refractivity contribution in [1.82, 2.24) is 0 Å². The van der Waals surface area contributed by atoms with E-state index < -0.39 is 34.9 Å². The molecule has 0 aliphatic rings. The number of anilines is 1. The van der Waals surface area contributed by atoms with E-state index in [4.69, 9.17) is 0 Å². The maximum Gasteiger partial charge on any atom is 0.257 e. The molecule has 2 rings (SSSR count). The van der Waals surface area contributed by atoms with Crippen LogP contribution in [0.25, 0.3) is 0 Å². The predicted molar refractivity (Wildman–Crippen MR) is 73.9 cm³/mol. The molecule has 0 aliphatic carbocycles. The van der Waals surface area contributed by atoms with Gasteiger partial charge in [-0.3, -0.25) is 4.79 Å². The molecule has 0 radical (unpaired) electrons. The maximum absolute atomic E-state index is 13.4. The van der Waals surface area contributed by atoms with Crippen LogP contribution in [0.3, 0.4) is 0 Å². The lowest BCUT2D eigenvalue weighted by Crippen LogP contribution is -2.15. The Bertz CT molecular complexity index is 678. The Morgan fingerprint density at radius 2 is 1.60 bits per heavy atom. The zero-order chi connectivity index (χ0) is 15.0. The molecule has 0 atom stereocenters. The third-order valence-corrected chi connectivity index (χ3v) is 4.59. The normalized spacial score (nSPS) is 10.7. The molecule has 20 heavy (non-hydrogen) atoms. The number of benzene rings is 1. The van der Waals surface area contributed by atoms with Crippen molar-refractivity contribution in [1.29, 1.82) is 0 Å². The number of rotatable bonds is 2. The quantitative estimate of drug-likeness (QED) is 0.520. The van der Waals surface area contributed by atoms with Gasteiger partial charge in [0.25, 0.3) is 5.91 Å². The van der Waals surface area contributed by atoms with Gasteiger partial charge < -0.3 is 5.32 Å². The molecule has 1 aromatic heterocycles. The second-order valence-corrected chi connectivity index (χ2v) is 7.28. The zero-order valence-corrected chi connectivity index (χ0v) is 13.2. The lowest BCUT2D eigenvalue weighted by atomic mass is 10.2. The number of hydrogen-bond donors (Lipinski definition) is 1. The van der Waals surface area contributed by atoms with E-state index in [1.54, 1.807) is 0 Å². The Balaban J connectivity index is 2.40. The highest BCUT2D eigenvalue weighted by Crippen LogP contribution is 2.33. The third-order valence-electron chi connectivity index (χ3n) is 2.25. The molecule has 1 N–H and O–H groups in total. The van der Waals surface area contributed by atoms with Gasteiger partial charge in [-0.2, -0.15) is 0 Å². The van der Waals surface area contributed by atoms with Crippen molar-refractivity contribution < 1.29 is 22.4 Å². The first-order valence-corrected chi connectivity index (χ1v) is 7.30. The molecule has 1 aromatic carbocycles. The number of carbonyl (C=O) groups excluding carboxylic acids is 1. The third kappa shape index (κ3) is 2.89. The summed E-state index contributed by atoms with van der Waals surface area (Å²) >= 11 is 7.38. The summed E-state index contributed by atoms with van der Waals surface area (Å²) in [6.45, 7) is 0. The van der Waals surface area contributed by atoms with Crippen molar-refractivity contribution in [2.45, 2.75) is 0 Å². The van der Waals surface area contributed by atoms with E-state index in [0.29, 0.717) is 7.57 Å². The molecule has 106 valence electrons. The summed E-state index contributed by atoms with van der Waals surface area (Å²) in [4.78, 5) is 11.8. The van der Waals surface area contributed by atoms with Crippen molar-refractivity contribution in [3.8, 4) is 0 Å². The van der Waals surface area contributed by atoms with Crippen molar-refractivity contribution in [3.63, 3.8) is 0 Å². The predicted octanol–water partition coefficient (Wildman–Crippen LogP) is 5.08. The van der Waals surface area contributed by atoms with E-state index in [1.807, 2.05) is 5.32 Å². The molecular weight excluding hydrogens is 430 g/mol. The van der Waals surface area contributed by atoms with Gasteiger partial charge in [-0.1, -0.05) is 0 Å². The standard InChI is InChI=1S/C11H3Br2F4NOS/c12-6-1-3(10(13)20-6)11(19)18-9-7(16)4(14)2-5(15)8(9)17/h1-2H,(H,18,19). The van der Waals surface area contributed by atoms with Gasteiger partial charge in [0.15, 0.2) is 23.3 Å². The van der Waals surface area contributed by atoms with Crippen LogP contribution in [0, 0.1) is 23.3 Å². The van der Waals surface area contributed by atoms with Crippen LogP contribution in [0.4, 0.5) is 23.2 Å². The molecule has 0 unspecified atom stereocenters. The molecule has 2 aromatic rings. The number of carbonyl (C=O) groups is 1. The molecular formula is C11H3Br2F4NOS. The van der Waals surface area contributed by atoms with Crippen LogP contribution < -0.4 is 5.32 Å². The summed E-state index contributed by atoms with van der Waals surface area (Å²) < 4.78 is 53.8. The highest BCUT2D eigenvalue weighted by atomic mass is 79.9. The van der Waals surface area contributed by atoms with Gasteiger partial charge in [-0.15, -0.1) is 11.3 Å². The zero-order valence-electron chi connectivity index (χ0n) is 9.24. The maximum atomic E-state index is 13.4. The van der Waals surface area contributed by atoms with Crippen LogP contribution in [0.1, 0.15) is 10.4 Å². The highest BCUT2D eigenvalue weighted by Gasteiger charge is 2.22. The van der Waals surface area contributed by atoms with Crippen molar-refractivity contribution >= 4 is 54.8 Å². The molecule has 1 amide bonds. The SMILES string of the molecule is O=C(Nc1c(F)c(F)cc(F)c1F)c1cc(Br)sc1Br. The molecule has 0 bridgehead atoms. The molecule has 1 heterocycles. The monoisotopic (exact) mass is 431 g/mol. The second kappa shape index (κ2) is 5.82. The minimum absolute atomic E-state index is 0.0669. The Morgan fingerprint density at radius 1 is 1.05 bits per heavy atom. The molecule has 0 saturated carbocycles. The van der Waals surface area contributed by atoms with Crippen LogP contribution in [0.15, 0.2) is 19.7 Å². The molecule has 0 saturated heterocycles. The van der Waals surface area contributed by atoms with Gasteiger partial charge in [-0.05, 0) is 37.9 Å². The molecule has 2 nitrogen and oxygen atoms in total. The topological polar surface area (TPSA) is 29.1 Å². The van der Waals surface area contributed by atoms with E-state index in [-0.39, 0.29) is 11.6 Å². The largest absolute Gasteiger partial charge is 0.317 e. The Morgan fingerprint density at radius 3 is 2.05 bits per heavy atom. The van der Waals surface area contributed by atoms with Crippen LogP contribution in [-0.2, 0) is 0 Å². The molecule has 0 aliphatic heterocycles. The number of amides is 1. The molecule has 0 fully saturated rings. The summed E-state index contributed by atoms with van der Waals surface area (Å²) in [5.41, 5.74) is -1.09. The lowest BCUT2D eigenvalue weighted by Gasteiger charge is -2.08. The second-order valence-electron chi connectivity index (χ2n) is 3.54. The summed E-state index contributed by atoms with van der Waals surface area (Å²) in [7, 11) is 0. The van der Waals surface area contributed by atoms with Crippen LogP contribution in [0.2, 0.25) is 0 Å². The summed E-state index contributed by atoms with van der Waals surface area (Å²) in [5.74, 6) is -7.42. The van der Waals surface area contributed by atoms with E-state index >= 15 is 0 Å². The fraction of sp³-hybridized carbons (Fsp3) is 0. The van der Waals surface area contributed by atoms with Crippen molar-refractivity contribution in [3.05, 3.63) is 48.5 Å². The minimum atomic E-state index is -1.66. The van der Waals surface area contributed by atoms with E-state index in [0.717, 1.165) is 11.3 Å². The van der Waals surface area contributed by atoms with Gasteiger partial charge >= 0.3 is 0 Å². The van der Waals surface area contributed by atoms with E-state index in [2.05, 4.69) is 31.9 Å². The van der Waals surface area contributed by atoms with Crippen LogP contribution in [-0.4, -0.2) is 5.91 Å². The summed E-state index contributed by atoms with van der Waals surface area (Å²) in [5, 5.41) is 1.82. The average Bonchev–Trinajstić information content (AvgIpc) is 2.71. The minimum Gasteiger partial charge on any atom is -0.317 e. The lowest BCUT2D eigenvalue weighted by molar-refractivity contribution is 0.102. The van der Waals surface area contributed by atoms with E-state index in [1.165, 1.54) is 6.07 Å². The highest BCUT2D eigenvalue weighted by molar-refractivity contribution is 9.12. The van der Waals surface area contributed by atoms with Gasteiger partial charge in [0.2, 0.25) is 0 Å². The van der Waals surface area contributed by atoms with Gasteiger partial charge in [0, 0.05) is 6.07 Å². The Kier molecular flexibility index (Phi) is 4.50. The number of halogens is 6. The fourth-order valence-corrected chi connectivity index (χ4v) is 4.15. The molecule has 0 spiro atoms. The first-order valence-electron chi connectivity index (χ1n) is 4.90. The molecule has 9 heteroatoms. The Labute approximate surface area is 131 Å². The first kappa shape index (κ1) is 15.5. The summed E-state index contributed by atoms with van der Waals surface area (Å²) in [6.07, 6.45) is 0. The van der Waals surface area contributed by atoms with E-state index in [9.17, 15) is 22.4 Å². The number of hydrogen-bond acceptors (Lipinski definition) is 2. The number of thiophene rings is 1. The van der Waals surface area contributed by atoms with Crippen molar-refractivity contribution in [2.24, 2.45) is 0 Å². The Hall–Kier alpha value is -0.930. The van der Waals surface area contributed by atoms with Gasteiger partial charge in [0.1, 0.15) is 5.69 Å². The fourth-order valence-electron chi connectivity index (χ4n) is 1.36. The van der Waals surface area contributed by atoms with Gasteiger partial charge in [-0.25, -0.2) is 17.6 Å². The number of nitrogens with one attached hydrogen (secondary N) is 1. The first-order chi connectivity index (χ1) is 9.31. The van der Waals surface area contributed by atoms with Gasteiger partial charge in [0.05, 0.1) is 13.1 Å². The smallest absolute Gasteiger partial charge is 0.257 e.